The van der Waals surface area contributed by atoms with Crippen molar-refractivity contribution in [2.75, 3.05) is 26.5 Å². The van der Waals surface area contributed by atoms with E-state index >= 15 is 0 Å². The van der Waals surface area contributed by atoms with Crippen molar-refractivity contribution in [1.29, 1.82) is 0 Å². The normalized spacial score (nSPS) is 13.5. The van der Waals surface area contributed by atoms with Crippen LogP contribution in [0, 0.1) is 5.92 Å². The van der Waals surface area contributed by atoms with E-state index in [4.69, 9.17) is 28.2 Å². The van der Waals surface area contributed by atoms with Crippen LogP contribution in [0.5, 0.6) is 0 Å². The minimum absolute atomic E-state index is 0.349. The lowest BCUT2D eigenvalue weighted by Crippen LogP contribution is -2.29. The van der Waals surface area contributed by atoms with Gasteiger partial charge in [0.25, 0.3) is 0 Å². The van der Waals surface area contributed by atoms with Crippen molar-refractivity contribution in [3.63, 3.8) is 0 Å². The Bertz CT molecular complexity index is 605. The van der Waals surface area contributed by atoms with Gasteiger partial charge in [0, 0.05) is 18.8 Å². The molecule has 0 bridgehead atoms. The highest BCUT2D eigenvalue weighted by molar-refractivity contribution is 6.34. The van der Waals surface area contributed by atoms with E-state index in [9.17, 15) is 0 Å². The molecule has 2 rings (SSSR count). The summed E-state index contributed by atoms with van der Waals surface area (Å²) >= 11 is 12.3. The van der Waals surface area contributed by atoms with Gasteiger partial charge in [-0.15, -0.1) is 11.6 Å². The summed E-state index contributed by atoms with van der Waals surface area (Å²) in [5.74, 6) is 2.08. The number of hydrogen-bond donors (Lipinski definition) is 0. The second-order valence-electron chi connectivity index (χ2n) is 6.02. The number of likely N-dealkylation sites (N-methyl/N-ethyl adjacent to an activating group) is 1. The molecule has 0 aliphatic heterocycles. The van der Waals surface area contributed by atoms with E-state index in [1.165, 1.54) is 0 Å². The molecule has 0 N–H and O–H groups in total. The lowest BCUT2D eigenvalue weighted by atomic mass is 10.0. The fraction of sp³-hybridized carbons (Fsp3) is 0.562. The highest BCUT2D eigenvalue weighted by atomic mass is 35.5. The summed E-state index contributed by atoms with van der Waals surface area (Å²) in [6.07, 6.45) is 0.753. The van der Waals surface area contributed by atoms with Gasteiger partial charge in [0.15, 0.2) is 0 Å². The van der Waals surface area contributed by atoms with E-state index in [1.54, 1.807) is 0 Å². The minimum atomic E-state index is 0.349. The number of alkyl halides is 1. The van der Waals surface area contributed by atoms with Gasteiger partial charge in [-0.1, -0.05) is 31.5 Å². The zero-order chi connectivity index (χ0) is 15.6. The largest absolute Gasteiger partial charge is 0.323 e. The molecular formula is C16H23Cl2N3. The number of fused-ring (bicyclic) bond motifs is 1. The average molecular weight is 328 g/mol. The maximum atomic E-state index is 6.31. The van der Waals surface area contributed by atoms with Gasteiger partial charge in [0.2, 0.25) is 0 Å². The lowest BCUT2D eigenvalue weighted by molar-refractivity contribution is 0.269. The van der Waals surface area contributed by atoms with Crippen LogP contribution < -0.4 is 0 Å². The molecular weight excluding hydrogens is 305 g/mol. The summed E-state index contributed by atoms with van der Waals surface area (Å²) in [6.45, 7) is 5.45. The molecule has 0 spiro atoms. The molecule has 116 valence electrons. The Labute approximate surface area is 136 Å². The Morgan fingerprint density at radius 1 is 1.29 bits per heavy atom. The molecule has 0 aliphatic rings. The summed E-state index contributed by atoms with van der Waals surface area (Å²) < 4.78 is 2.33. The molecule has 0 saturated heterocycles. The number of benzene rings is 1. The predicted molar refractivity (Wildman–Crippen MR) is 91.6 cm³/mol. The van der Waals surface area contributed by atoms with Crippen LogP contribution in [0.4, 0.5) is 0 Å². The van der Waals surface area contributed by atoms with Gasteiger partial charge in [-0.2, -0.15) is 0 Å². The molecule has 0 fully saturated rings. The van der Waals surface area contributed by atoms with Crippen LogP contribution in [0.25, 0.3) is 11.0 Å². The molecule has 0 saturated carbocycles. The Kier molecular flexibility index (Phi) is 5.53. The van der Waals surface area contributed by atoms with Crippen molar-refractivity contribution in [3.05, 3.63) is 29.0 Å². The average Bonchev–Trinajstić information content (AvgIpc) is 2.76. The fourth-order valence-electron chi connectivity index (χ4n) is 2.73. The number of imidazole rings is 1. The molecule has 2 aromatic rings. The number of halogens is 2. The molecule has 1 unspecified atom stereocenters. The van der Waals surface area contributed by atoms with E-state index in [0.29, 0.717) is 22.9 Å². The Balaban J connectivity index is 2.62. The Morgan fingerprint density at radius 3 is 2.57 bits per heavy atom. The quantitative estimate of drug-likeness (QED) is 0.740. The monoisotopic (exact) mass is 327 g/mol. The first-order valence-corrected chi connectivity index (χ1v) is 8.23. The third-order valence-electron chi connectivity index (χ3n) is 3.72. The van der Waals surface area contributed by atoms with E-state index in [1.807, 2.05) is 12.1 Å². The van der Waals surface area contributed by atoms with Crippen LogP contribution in [0.1, 0.15) is 25.7 Å². The number of hydrogen-bond acceptors (Lipinski definition) is 2. The van der Waals surface area contributed by atoms with Gasteiger partial charge in [0.05, 0.1) is 16.6 Å². The second kappa shape index (κ2) is 6.99. The third-order valence-corrected chi connectivity index (χ3v) is 4.21. The summed E-state index contributed by atoms with van der Waals surface area (Å²) in [5, 5.41) is 0.703. The number of aromatic nitrogens is 2. The van der Waals surface area contributed by atoms with Crippen molar-refractivity contribution >= 4 is 34.2 Å². The third kappa shape index (κ3) is 3.53. The summed E-state index contributed by atoms with van der Waals surface area (Å²) in [7, 11) is 4.20. The van der Waals surface area contributed by atoms with Gasteiger partial charge in [-0.25, -0.2) is 4.98 Å². The number of aryl methyl sites for hydroxylation is 1. The van der Waals surface area contributed by atoms with Crippen LogP contribution in [0.2, 0.25) is 5.02 Å². The molecule has 1 heterocycles. The number of para-hydroxylation sites is 1. The van der Waals surface area contributed by atoms with Gasteiger partial charge >= 0.3 is 0 Å². The van der Waals surface area contributed by atoms with Gasteiger partial charge < -0.3 is 9.47 Å². The van der Waals surface area contributed by atoms with Crippen LogP contribution in [0.3, 0.4) is 0 Å². The first-order chi connectivity index (χ1) is 9.95. The van der Waals surface area contributed by atoms with E-state index < -0.39 is 0 Å². The minimum Gasteiger partial charge on any atom is -0.323 e. The first kappa shape index (κ1) is 16.6. The van der Waals surface area contributed by atoms with Crippen molar-refractivity contribution < 1.29 is 0 Å². The highest BCUT2D eigenvalue weighted by Gasteiger charge is 2.23. The fourth-order valence-corrected chi connectivity index (χ4v) is 3.11. The molecule has 0 aliphatic carbocycles. The first-order valence-electron chi connectivity index (χ1n) is 7.31. The summed E-state index contributed by atoms with van der Waals surface area (Å²) in [6, 6.07) is 6.32. The van der Waals surface area contributed by atoms with Crippen molar-refractivity contribution in [1.82, 2.24) is 14.5 Å². The van der Waals surface area contributed by atoms with Crippen LogP contribution in [-0.4, -0.2) is 41.0 Å². The molecule has 21 heavy (non-hydrogen) atoms. The van der Waals surface area contributed by atoms with Gasteiger partial charge in [0.1, 0.15) is 11.3 Å². The van der Waals surface area contributed by atoms with Crippen molar-refractivity contribution in [3.8, 4) is 0 Å². The molecule has 0 amide bonds. The van der Waals surface area contributed by atoms with Gasteiger partial charge in [-0.3, -0.25) is 0 Å². The smallest absolute Gasteiger partial charge is 0.111 e. The summed E-state index contributed by atoms with van der Waals surface area (Å²) in [5.41, 5.74) is 1.98. The second-order valence-corrected chi connectivity index (χ2v) is 6.80. The molecule has 5 heteroatoms. The highest BCUT2D eigenvalue weighted by Crippen LogP contribution is 2.30. The van der Waals surface area contributed by atoms with E-state index in [2.05, 4.69) is 43.5 Å². The molecule has 1 atom stereocenters. The topological polar surface area (TPSA) is 21.1 Å². The SMILES string of the molecule is CC(C)C(CN(C)C)n1c(CCCl)nc2c(Cl)cccc21. The Hall–Kier alpha value is -0.770. The molecule has 1 aromatic heterocycles. The lowest BCUT2D eigenvalue weighted by Gasteiger charge is -2.28. The maximum absolute atomic E-state index is 6.31. The maximum Gasteiger partial charge on any atom is 0.111 e. The van der Waals surface area contributed by atoms with Gasteiger partial charge in [-0.05, 0) is 32.1 Å². The zero-order valence-electron chi connectivity index (χ0n) is 13.1. The Morgan fingerprint density at radius 2 is 2.00 bits per heavy atom. The zero-order valence-corrected chi connectivity index (χ0v) is 14.6. The summed E-state index contributed by atoms with van der Waals surface area (Å²) in [4.78, 5) is 6.95. The van der Waals surface area contributed by atoms with Crippen LogP contribution >= 0.6 is 23.2 Å². The van der Waals surface area contributed by atoms with E-state index in [0.717, 1.165) is 29.8 Å². The number of rotatable bonds is 6. The predicted octanol–water partition coefficient (Wildman–Crippen LogP) is 4.23. The molecule has 0 radical (unpaired) electrons. The van der Waals surface area contributed by atoms with Crippen LogP contribution in [0.15, 0.2) is 18.2 Å². The van der Waals surface area contributed by atoms with Crippen LogP contribution in [-0.2, 0) is 6.42 Å². The molecule has 1 aromatic carbocycles. The molecule has 3 nitrogen and oxygen atoms in total. The van der Waals surface area contributed by atoms with E-state index in [-0.39, 0.29) is 0 Å². The van der Waals surface area contributed by atoms with Crippen molar-refractivity contribution in [2.24, 2.45) is 5.92 Å². The van der Waals surface area contributed by atoms with Crippen molar-refractivity contribution in [2.45, 2.75) is 26.3 Å². The number of nitrogens with zero attached hydrogens (tertiary/aromatic N) is 3. The standard InChI is InChI=1S/C16H23Cl2N3/c1-11(2)14(10-20(3)4)21-13-7-5-6-12(18)16(13)19-15(21)8-9-17/h5-7,11,14H,8-10H2,1-4H3.